The maximum absolute atomic E-state index is 13.6. The van der Waals surface area contributed by atoms with Crippen LogP contribution in [0.3, 0.4) is 0 Å². The van der Waals surface area contributed by atoms with E-state index < -0.39 is 7.92 Å². The van der Waals surface area contributed by atoms with Gasteiger partial charge in [0.25, 0.3) is 0 Å². The molecule has 7 aromatic rings. The molecule has 0 aliphatic carbocycles. The summed E-state index contributed by atoms with van der Waals surface area (Å²) in [6.07, 6.45) is 4.20. The van der Waals surface area contributed by atoms with Gasteiger partial charge in [0.15, 0.2) is 0 Å². The van der Waals surface area contributed by atoms with Gasteiger partial charge in [-0.1, -0.05) is 86.8 Å². The summed E-state index contributed by atoms with van der Waals surface area (Å²) in [5.41, 5.74) is 3.85. The summed E-state index contributed by atoms with van der Waals surface area (Å²) < 4.78 is 24.5. The Morgan fingerprint density at radius 1 is 0.574 bits per heavy atom. The first-order valence-corrected chi connectivity index (χ1v) is 17.3. The van der Waals surface area contributed by atoms with Crippen LogP contribution in [0.25, 0.3) is 43.8 Å². The molecule has 2 unspecified atom stereocenters. The highest BCUT2D eigenvalue weighted by molar-refractivity contribution is 7.67. The molecule has 3 heterocycles. The second kappa shape index (κ2) is 12.2. The predicted octanol–water partition coefficient (Wildman–Crippen LogP) is 10.5. The number of carbonyl (C=O) groups is 1. The van der Waals surface area contributed by atoms with Gasteiger partial charge in [0.2, 0.25) is 0 Å². The van der Waals surface area contributed by atoms with E-state index in [-0.39, 0.29) is 17.1 Å². The third-order valence-corrected chi connectivity index (χ3v) is 12.5. The molecule has 47 heavy (non-hydrogen) atoms. The third kappa shape index (κ3) is 5.03. The van der Waals surface area contributed by atoms with Crippen molar-refractivity contribution in [3.63, 3.8) is 0 Å². The van der Waals surface area contributed by atoms with Gasteiger partial charge in [-0.25, -0.2) is 0 Å². The Morgan fingerprint density at radius 3 is 1.51 bits per heavy atom. The minimum Gasteiger partial charge on any atom is -0.496 e. The number of furan rings is 2. The Balaban J connectivity index is 1.54. The van der Waals surface area contributed by atoms with Crippen molar-refractivity contribution in [2.45, 2.75) is 24.2 Å². The topological polar surface area (TPSA) is 61.8 Å². The number of Topliss-reactive ketones (excluding diaryl/α,β-unsaturated/α-hetero) is 1. The van der Waals surface area contributed by atoms with Crippen molar-refractivity contribution in [2.75, 3.05) is 14.2 Å². The van der Waals surface area contributed by atoms with E-state index in [2.05, 4.69) is 91.0 Å². The second-order valence-electron chi connectivity index (χ2n) is 11.8. The molecule has 1 saturated heterocycles. The van der Waals surface area contributed by atoms with Crippen LogP contribution in [-0.2, 0) is 4.79 Å². The number of carbonyl (C=O) groups excluding carboxylic acids is 1. The van der Waals surface area contributed by atoms with Gasteiger partial charge in [-0.3, -0.25) is 4.79 Å². The van der Waals surface area contributed by atoms with Crippen LogP contribution in [0.1, 0.15) is 35.7 Å². The van der Waals surface area contributed by atoms with E-state index in [1.165, 1.54) is 5.30 Å². The molecule has 8 rings (SSSR count). The fourth-order valence-electron chi connectivity index (χ4n) is 7.30. The molecule has 0 bridgehead atoms. The summed E-state index contributed by atoms with van der Waals surface area (Å²) in [5.74, 6) is 3.42. The molecule has 0 saturated carbocycles. The molecule has 0 radical (unpaired) electrons. The van der Waals surface area contributed by atoms with Crippen LogP contribution in [0.15, 0.2) is 137 Å². The fourth-order valence-corrected chi connectivity index (χ4v) is 10.9. The van der Waals surface area contributed by atoms with Gasteiger partial charge in [-0.15, -0.1) is 0 Å². The number of rotatable bonds is 7. The van der Waals surface area contributed by atoms with Gasteiger partial charge in [-0.2, -0.15) is 0 Å². The zero-order valence-corrected chi connectivity index (χ0v) is 27.1. The van der Waals surface area contributed by atoms with Crippen molar-refractivity contribution >= 4 is 40.6 Å². The molecular formula is C41H33O5P. The summed E-state index contributed by atoms with van der Waals surface area (Å²) >= 11 is 0. The maximum atomic E-state index is 13.6. The van der Waals surface area contributed by atoms with Crippen molar-refractivity contribution < 1.29 is 23.1 Å². The smallest absolute Gasteiger partial charge is 0.135 e. The van der Waals surface area contributed by atoms with E-state index in [0.29, 0.717) is 12.8 Å². The molecule has 1 fully saturated rings. The number of hydrogen-bond acceptors (Lipinski definition) is 5. The number of hydrogen-bond donors (Lipinski definition) is 0. The second-order valence-corrected chi connectivity index (χ2v) is 14.4. The van der Waals surface area contributed by atoms with Gasteiger partial charge in [0.1, 0.15) is 28.8 Å². The number of benzene rings is 5. The van der Waals surface area contributed by atoms with Crippen LogP contribution in [-0.4, -0.2) is 20.0 Å². The highest BCUT2D eigenvalue weighted by Crippen LogP contribution is 2.68. The zero-order valence-electron chi connectivity index (χ0n) is 26.2. The van der Waals surface area contributed by atoms with Crippen LogP contribution < -0.4 is 14.8 Å². The van der Waals surface area contributed by atoms with Crippen LogP contribution in [0, 0.1) is 0 Å². The molecule has 1 aliphatic rings. The Kier molecular flexibility index (Phi) is 7.63. The van der Waals surface area contributed by atoms with E-state index in [4.69, 9.17) is 18.3 Å². The van der Waals surface area contributed by atoms with Gasteiger partial charge in [0.05, 0.1) is 26.7 Å². The van der Waals surface area contributed by atoms with Crippen molar-refractivity contribution in [2.24, 2.45) is 0 Å². The average Bonchev–Trinajstić information content (AvgIpc) is 3.86. The molecule has 5 aromatic carbocycles. The van der Waals surface area contributed by atoms with Crippen molar-refractivity contribution in [1.82, 2.24) is 0 Å². The number of fused-ring (bicyclic) bond motifs is 2. The quantitative estimate of drug-likeness (QED) is 0.163. The van der Waals surface area contributed by atoms with Gasteiger partial charge in [0, 0.05) is 35.3 Å². The van der Waals surface area contributed by atoms with Gasteiger partial charge >= 0.3 is 0 Å². The molecule has 1 aliphatic heterocycles. The molecule has 0 spiro atoms. The minimum atomic E-state index is -1.18. The molecule has 2 atom stereocenters. The molecule has 2 aromatic heterocycles. The van der Waals surface area contributed by atoms with Crippen LogP contribution in [0.5, 0.6) is 11.5 Å². The standard InChI is InChI=1S/C41H33O5P/c1-43-35-20-18-26-10-3-5-12-29(26)39(35)31-14-7-15-32(40-30-13-6-4-11-27(30)19-21-36(40)44-2)41(31)47-37(33-16-8-22-45-33)24-28(42)25-38(47)34-17-9-23-46-34/h3-23,37-38H,24-25H2,1-2H3. The summed E-state index contributed by atoms with van der Waals surface area (Å²) in [7, 11) is 2.28. The lowest BCUT2D eigenvalue weighted by Crippen LogP contribution is -2.25. The number of ketones is 1. The Labute approximate surface area is 274 Å². The number of ether oxygens (including phenoxy) is 2. The molecule has 232 valence electrons. The SMILES string of the molecule is COc1ccc2ccccc2c1-c1cccc(-c2c(OC)ccc3ccccc23)c1P1C(c2ccco2)CC(=O)CC1c1ccco1. The summed E-state index contributed by atoms with van der Waals surface area (Å²) in [5, 5.41) is 5.62. The summed E-state index contributed by atoms with van der Waals surface area (Å²) in [6, 6.07) is 39.6. The summed E-state index contributed by atoms with van der Waals surface area (Å²) in [6.45, 7) is 0. The maximum Gasteiger partial charge on any atom is 0.135 e. The van der Waals surface area contributed by atoms with E-state index in [9.17, 15) is 4.79 Å². The van der Waals surface area contributed by atoms with Gasteiger partial charge in [-0.05, 0) is 74.4 Å². The molecule has 0 N–H and O–H groups in total. The Morgan fingerprint density at radius 2 is 1.06 bits per heavy atom. The lowest BCUT2D eigenvalue weighted by atomic mass is 9.92. The third-order valence-electron chi connectivity index (χ3n) is 9.31. The minimum absolute atomic E-state index is 0.168. The average molecular weight is 637 g/mol. The van der Waals surface area contributed by atoms with Crippen molar-refractivity contribution in [1.29, 1.82) is 0 Å². The van der Waals surface area contributed by atoms with Crippen molar-refractivity contribution in [3.8, 4) is 33.8 Å². The fraction of sp³-hybridized carbons (Fsp3) is 0.146. The summed E-state index contributed by atoms with van der Waals surface area (Å²) in [4.78, 5) is 13.6. The first kappa shape index (κ1) is 29.3. The molecule has 0 amide bonds. The predicted molar refractivity (Wildman–Crippen MR) is 189 cm³/mol. The van der Waals surface area contributed by atoms with E-state index in [1.807, 2.05) is 24.3 Å². The largest absolute Gasteiger partial charge is 0.496 e. The van der Waals surface area contributed by atoms with Gasteiger partial charge < -0.3 is 18.3 Å². The Hall–Kier alpha value is -5.12. The lowest BCUT2D eigenvalue weighted by molar-refractivity contribution is -0.119. The van der Waals surface area contributed by atoms with Crippen molar-refractivity contribution in [3.05, 3.63) is 139 Å². The first-order chi connectivity index (χ1) is 23.2. The molecular weight excluding hydrogens is 603 g/mol. The monoisotopic (exact) mass is 636 g/mol. The first-order valence-electron chi connectivity index (χ1n) is 15.8. The number of methoxy groups -OCH3 is 2. The van der Waals surface area contributed by atoms with Crippen LogP contribution in [0.4, 0.5) is 0 Å². The van der Waals surface area contributed by atoms with E-state index >= 15 is 0 Å². The highest BCUT2D eigenvalue weighted by Gasteiger charge is 2.44. The molecule has 6 heteroatoms. The highest BCUT2D eigenvalue weighted by atomic mass is 31.1. The van der Waals surface area contributed by atoms with E-state index in [1.54, 1.807) is 26.7 Å². The Bertz CT molecular complexity index is 2070. The van der Waals surface area contributed by atoms with E-state index in [0.717, 1.165) is 66.8 Å². The van der Waals surface area contributed by atoms with Crippen LogP contribution in [0.2, 0.25) is 0 Å². The lowest BCUT2D eigenvalue weighted by Gasteiger charge is -2.39. The zero-order chi connectivity index (χ0) is 31.9. The normalized spacial score (nSPS) is 18.1. The molecule has 5 nitrogen and oxygen atoms in total. The van der Waals surface area contributed by atoms with Crippen LogP contribution >= 0.6 is 7.92 Å².